The van der Waals surface area contributed by atoms with Crippen LogP contribution in [0.25, 0.3) is 0 Å². The van der Waals surface area contributed by atoms with Gasteiger partial charge in [-0.05, 0) is 44.6 Å². The molecule has 2 atom stereocenters. The van der Waals surface area contributed by atoms with Crippen LogP contribution in [0.4, 0.5) is 0 Å². The fourth-order valence-corrected chi connectivity index (χ4v) is 5.03. The van der Waals surface area contributed by atoms with Gasteiger partial charge in [-0.1, -0.05) is 0 Å². The lowest BCUT2D eigenvalue weighted by molar-refractivity contribution is -0.135. The van der Waals surface area contributed by atoms with Crippen LogP contribution >= 0.6 is 11.3 Å². The van der Waals surface area contributed by atoms with Gasteiger partial charge in [0, 0.05) is 49.7 Å². The number of fused-ring (bicyclic) bond motifs is 4. The van der Waals surface area contributed by atoms with Crippen molar-refractivity contribution in [1.82, 2.24) is 25.0 Å². The third-order valence-corrected chi connectivity index (χ3v) is 6.48. The molecule has 2 aromatic rings. The molecular weight excluding hydrogens is 346 g/mol. The number of carbonyl (C=O) groups excluding carboxylic acids is 1. The number of thiazole rings is 1. The molecule has 0 saturated carbocycles. The Bertz CT molecular complexity index is 737. The fraction of sp³-hybridized carbons (Fsp3) is 0.632. The Morgan fingerprint density at radius 2 is 2.19 bits per heavy atom. The first-order chi connectivity index (χ1) is 12.6. The van der Waals surface area contributed by atoms with Gasteiger partial charge in [0.25, 0.3) is 0 Å². The Morgan fingerprint density at radius 3 is 2.92 bits per heavy atom. The van der Waals surface area contributed by atoms with E-state index in [0.29, 0.717) is 24.3 Å². The van der Waals surface area contributed by atoms with Crippen molar-refractivity contribution in [2.75, 3.05) is 19.6 Å². The van der Waals surface area contributed by atoms with E-state index in [1.165, 1.54) is 12.0 Å². The van der Waals surface area contributed by atoms with E-state index in [2.05, 4.69) is 30.4 Å². The molecule has 2 aromatic heterocycles. The first-order valence-corrected chi connectivity index (χ1v) is 10.4. The standard InChI is InChI=1S/C19H27N5OS/c1-13-18(14(2)22-21-13)5-6-19(25)24-8-15-3-4-17(24)10-23(7-15)9-16-11-26-12-20-16/h11-12,15,17H,3-10H2,1-2H3,(H,21,22)/t15-,17+/m1/s1. The summed E-state index contributed by atoms with van der Waals surface area (Å²) >= 11 is 1.65. The molecule has 1 amide bonds. The van der Waals surface area contributed by atoms with Gasteiger partial charge in [0.05, 0.1) is 16.9 Å². The third kappa shape index (κ3) is 3.69. The van der Waals surface area contributed by atoms with E-state index in [0.717, 1.165) is 56.1 Å². The molecule has 5 rings (SSSR count). The van der Waals surface area contributed by atoms with E-state index in [1.54, 1.807) is 11.3 Å². The van der Waals surface area contributed by atoms with Crippen molar-refractivity contribution >= 4 is 17.2 Å². The number of hydrogen-bond donors (Lipinski definition) is 1. The van der Waals surface area contributed by atoms with Crippen LogP contribution in [-0.4, -0.2) is 56.6 Å². The molecule has 0 aromatic carbocycles. The van der Waals surface area contributed by atoms with Crippen LogP contribution in [0.5, 0.6) is 0 Å². The van der Waals surface area contributed by atoms with Crippen molar-refractivity contribution in [3.63, 3.8) is 0 Å². The number of piperidine rings is 1. The van der Waals surface area contributed by atoms with Crippen molar-refractivity contribution in [3.05, 3.63) is 33.5 Å². The van der Waals surface area contributed by atoms with Crippen molar-refractivity contribution in [2.24, 2.45) is 5.92 Å². The number of amides is 1. The average Bonchev–Trinajstić information content (AvgIpc) is 3.14. The molecule has 26 heavy (non-hydrogen) atoms. The number of hydrogen-bond acceptors (Lipinski definition) is 5. The first kappa shape index (κ1) is 17.7. The summed E-state index contributed by atoms with van der Waals surface area (Å²) in [6.07, 6.45) is 3.73. The highest BCUT2D eigenvalue weighted by molar-refractivity contribution is 7.07. The van der Waals surface area contributed by atoms with Crippen LogP contribution in [0, 0.1) is 19.8 Å². The third-order valence-electron chi connectivity index (χ3n) is 5.85. The zero-order valence-electron chi connectivity index (χ0n) is 15.6. The number of aromatic nitrogens is 3. The molecule has 3 aliphatic heterocycles. The maximum atomic E-state index is 12.9. The summed E-state index contributed by atoms with van der Waals surface area (Å²) in [7, 11) is 0. The second-order valence-corrected chi connectivity index (χ2v) is 8.45. The average molecular weight is 374 g/mol. The van der Waals surface area contributed by atoms with E-state index in [1.807, 2.05) is 19.4 Å². The molecule has 0 aliphatic carbocycles. The first-order valence-electron chi connectivity index (χ1n) is 9.49. The number of nitrogens with one attached hydrogen (secondary N) is 1. The van der Waals surface area contributed by atoms with Gasteiger partial charge in [-0.15, -0.1) is 11.3 Å². The van der Waals surface area contributed by atoms with Crippen LogP contribution < -0.4 is 0 Å². The molecule has 0 spiro atoms. The maximum absolute atomic E-state index is 12.9. The molecule has 140 valence electrons. The molecule has 3 aliphatic rings. The van der Waals surface area contributed by atoms with E-state index in [-0.39, 0.29) is 0 Å². The zero-order chi connectivity index (χ0) is 18.1. The Balaban J connectivity index is 1.39. The van der Waals surface area contributed by atoms with Crippen LogP contribution in [0.2, 0.25) is 0 Å². The number of aryl methyl sites for hydroxylation is 2. The van der Waals surface area contributed by atoms with Crippen molar-refractivity contribution in [2.45, 2.75) is 52.1 Å². The Kier molecular flexibility index (Phi) is 5.09. The molecule has 5 heterocycles. The van der Waals surface area contributed by atoms with Gasteiger partial charge >= 0.3 is 0 Å². The minimum Gasteiger partial charge on any atom is -0.338 e. The van der Waals surface area contributed by atoms with Gasteiger partial charge in [-0.25, -0.2) is 4.98 Å². The van der Waals surface area contributed by atoms with Crippen LogP contribution in [0.3, 0.4) is 0 Å². The molecule has 2 bridgehead atoms. The molecule has 1 N–H and O–H groups in total. The van der Waals surface area contributed by atoms with E-state index in [4.69, 9.17) is 0 Å². The smallest absolute Gasteiger partial charge is 0.223 e. The van der Waals surface area contributed by atoms with Crippen molar-refractivity contribution in [3.8, 4) is 0 Å². The minimum atomic E-state index is 0.301. The molecule has 3 fully saturated rings. The lowest BCUT2D eigenvalue weighted by Crippen LogP contribution is -2.47. The number of nitrogens with zero attached hydrogens (tertiary/aromatic N) is 4. The number of rotatable bonds is 5. The molecular formula is C19H27N5OS. The van der Waals surface area contributed by atoms with Crippen molar-refractivity contribution < 1.29 is 4.79 Å². The SMILES string of the molecule is Cc1n[nH]c(C)c1CCC(=O)N1C[C@@H]2CC[C@H]1CN(Cc1cscn1)C2. The van der Waals surface area contributed by atoms with Gasteiger partial charge in [-0.2, -0.15) is 5.10 Å². The van der Waals surface area contributed by atoms with Crippen molar-refractivity contribution in [1.29, 1.82) is 0 Å². The van der Waals surface area contributed by atoms with Crippen LogP contribution in [0.15, 0.2) is 10.9 Å². The van der Waals surface area contributed by atoms with E-state index < -0.39 is 0 Å². The van der Waals surface area contributed by atoms with Crippen LogP contribution in [0.1, 0.15) is 41.9 Å². The zero-order valence-corrected chi connectivity index (χ0v) is 16.4. The summed E-state index contributed by atoms with van der Waals surface area (Å²) in [6.45, 7) is 7.92. The van der Waals surface area contributed by atoms with E-state index in [9.17, 15) is 4.79 Å². The maximum Gasteiger partial charge on any atom is 0.223 e. The number of H-pyrrole nitrogens is 1. The molecule has 7 heteroatoms. The summed E-state index contributed by atoms with van der Waals surface area (Å²) in [5, 5.41) is 9.39. The Labute approximate surface area is 158 Å². The normalized spacial score (nSPS) is 23.4. The van der Waals surface area contributed by atoms with Gasteiger partial charge in [0.15, 0.2) is 0 Å². The highest BCUT2D eigenvalue weighted by Gasteiger charge is 2.37. The molecule has 0 unspecified atom stereocenters. The lowest BCUT2D eigenvalue weighted by atomic mass is 9.94. The summed E-state index contributed by atoms with van der Waals surface area (Å²) < 4.78 is 0. The largest absolute Gasteiger partial charge is 0.338 e. The summed E-state index contributed by atoms with van der Waals surface area (Å²) in [5.41, 5.74) is 6.35. The number of aromatic amines is 1. The second-order valence-electron chi connectivity index (χ2n) is 7.73. The summed E-state index contributed by atoms with van der Waals surface area (Å²) in [4.78, 5) is 22.0. The van der Waals surface area contributed by atoms with Gasteiger partial charge in [-0.3, -0.25) is 14.8 Å². The Hall–Kier alpha value is -1.73. The second kappa shape index (κ2) is 7.48. The Morgan fingerprint density at radius 1 is 1.31 bits per heavy atom. The predicted octanol–water partition coefficient (Wildman–Crippen LogP) is 2.54. The molecule has 3 saturated heterocycles. The van der Waals surface area contributed by atoms with E-state index >= 15 is 0 Å². The highest BCUT2D eigenvalue weighted by Crippen LogP contribution is 2.29. The minimum absolute atomic E-state index is 0.301. The summed E-state index contributed by atoms with van der Waals surface area (Å²) in [6, 6.07) is 0.353. The number of carbonyl (C=O) groups is 1. The lowest BCUT2D eigenvalue weighted by Gasteiger charge is -2.36. The van der Waals surface area contributed by atoms with Gasteiger partial charge < -0.3 is 4.90 Å². The summed E-state index contributed by atoms with van der Waals surface area (Å²) in [5.74, 6) is 0.893. The monoisotopic (exact) mass is 373 g/mol. The molecule has 0 radical (unpaired) electrons. The highest BCUT2D eigenvalue weighted by atomic mass is 32.1. The van der Waals surface area contributed by atoms with Crippen LogP contribution in [-0.2, 0) is 17.8 Å². The quantitative estimate of drug-likeness (QED) is 0.875. The molecule has 6 nitrogen and oxygen atoms in total. The predicted molar refractivity (Wildman–Crippen MR) is 102 cm³/mol. The fourth-order valence-electron chi connectivity index (χ4n) is 4.48. The van der Waals surface area contributed by atoms with Gasteiger partial charge in [0.2, 0.25) is 5.91 Å². The van der Waals surface area contributed by atoms with Gasteiger partial charge in [0.1, 0.15) is 0 Å². The topological polar surface area (TPSA) is 65.1 Å².